The second-order valence-corrected chi connectivity index (χ2v) is 36.0. The average Bonchev–Trinajstić information content (AvgIpc) is 0.671. The molecule has 2 saturated heterocycles. The molecule has 6 aromatic carbocycles. The highest BCUT2D eigenvalue weighted by atomic mass is 16.7. The van der Waals surface area contributed by atoms with Crippen LogP contribution >= 0.6 is 0 Å². The van der Waals surface area contributed by atoms with Crippen molar-refractivity contribution < 1.29 is 130 Å². The van der Waals surface area contributed by atoms with Crippen LogP contribution in [0.4, 0.5) is 0 Å². The number of rotatable bonds is 26. The fourth-order valence-electron chi connectivity index (χ4n) is 21.0. The van der Waals surface area contributed by atoms with Crippen LogP contribution in [0.15, 0.2) is 204 Å². The van der Waals surface area contributed by atoms with Crippen LogP contribution in [0, 0.1) is 39.4 Å². The summed E-state index contributed by atoms with van der Waals surface area (Å²) in [5.41, 5.74) is -3.52. The van der Waals surface area contributed by atoms with Crippen molar-refractivity contribution in [3.63, 3.8) is 0 Å². The number of aliphatic hydroxyl groups excluding tert-OH is 1. The van der Waals surface area contributed by atoms with E-state index in [1.54, 1.807) is 127 Å². The average molecular weight is 1740 g/mol. The van der Waals surface area contributed by atoms with Gasteiger partial charge in [0.25, 0.3) is 0 Å². The van der Waals surface area contributed by atoms with Crippen LogP contribution in [-0.4, -0.2) is 191 Å². The van der Waals surface area contributed by atoms with Gasteiger partial charge < -0.3 is 87.4 Å². The molecule has 0 radical (unpaired) electrons. The number of ether oxygens (including phenoxy) is 14. The molecule has 4 bridgehead atoms. The first-order valence-electron chi connectivity index (χ1n) is 42.6. The monoisotopic (exact) mass is 1740 g/mol. The fourth-order valence-corrected chi connectivity index (χ4v) is 21.0. The van der Waals surface area contributed by atoms with E-state index in [-0.39, 0.29) is 87.1 Å². The topological polar surface area (TPSA) is 387 Å². The Kier molecular flexibility index (Phi) is 27.4. The summed E-state index contributed by atoms with van der Waals surface area (Å²) in [5, 5.41) is 39.7. The number of carbonyl (C=O) groups excluding carboxylic acids is 10. The lowest BCUT2D eigenvalue weighted by molar-refractivity contribution is -0.346. The minimum Gasteiger partial charge on any atom is -0.456 e. The molecule has 6 fully saturated rings. The predicted octanol–water partition coefficient (Wildman–Crippen LogP) is 11.3. The van der Waals surface area contributed by atoms with E-state index in [9.17, 15) is 53.7 Å². The van der Waals surface area contributed by atoms with Gasteiger partial charge in [0.05, 0.1) is 67.0 Å². The maximum absolute atomic E-state index is 15.7. The lowest BCUT2D eigenvalue weighted by Crippen LogP contribution is -2.82. The normalized spacial score (nSPS) is 31.7. The van der Waals surface area contributed by atoms with Gasteiger partial charge in [-0.25, -0.2) is 19.2 Å². The van der Waals surface area contributed by atoms with E-state index >= 15 is 9.59 Å². The molecule has 6 aliphatic carbocycles. The largest absolute Gasteiger partial charge is 0.456 e. The number of aliphatic hydroxyl groups is 3. The summed E-state index contributed by atoms with van der Waals surface area (Å²) in [6, 6.07) is 52.0. The molecule has 14 rings (SSSR count). The number of fused-ring (bicyclic) bond motifs is 10. The molecule has 672 valence electrons. The number of hydrogen-bond donors (Lipinski definition) is 4. The zero-order valence-corrected chi connectivity index (χ0v) is 73.3. The number of hydrogen-bond acceptors (Lipinski definition) is 28. The summed E-state index contributed by atoms with van der Waals surface area (Å²) in [5.74, 6) is -11.7. The number of nitrogens with two attached hydrogens (primary N) is 1. The van der Waals surface area contributed by atoms with Gasteiger partial charge in [0.1, 0.15) is 61.4 Å². The van der Waals surface area contributed by atoms with Crippen LogP contribution in [0.3, 0.4) is 0 Å². The third-order valence-electron chi connectivity index (χ3n) is 28.0. The van der Waals surface area contributed by atoms with Gasteiger partial charge in [-0.05, 0) is 102 Å². The van der Waals surface area contributed by atoms with Crippen molar-refractivity contribution in [1.82, 2.24) is 0 Å². The SMILES string of the molecule is CC(=O)O[C@H]1C(=O)[C@@]2(C)[C@H]([C@H](OC(=O)c3ccccc3)[C@]3(O)C[C@H](OC(=O)[C@H](OCOCc4ccccc4)[C@@H](C)c4ccccc4)C(C)=C1C3(C)C)[C@]1(OC(C)=O)CO[C@@H]1C[C@@H]2C.CC(=O)O[C@H]1C(=O)[C@@]2(C)[C@H]([C@H](OC(=O)c3ccccc3)[C@]3(O)C[C@H](OC(=O)[C@H](OCOCc4ccccc4)[C@@H](N)c4ccccc4)C(C)=C1C3(C)C)[C@]1(OC(C)=O)CO[C@@H]1C[C@@H]2O. The Morgan fingerprint density at radius 3 is 1.21 bits per heavy atom. The van der Waals surface area contributed by atoms with Crippen molar-refractivity contribution in [2.24, 2.45) is 45.1 Å². The third-order valence-corrected chi connectivity index (χ3v) is 28.0. The predicted molar refractivity (Wildman–Crippen MR) is 451 cm³/mol. The molecule has 6 aromatic rings. The van der Waals surface area contributed by atoms with Crippen LogP contribution in [0.5, 0.6) is 0 Å². The van der Waals surface area contributed by atoms with Crippen LogP contribution in [0.25, 0.3) is 0 Å². The van der Waals surface area contributed by atoms with Crippen LogP contribution in [0.2, 0.25) is 0 Å². The van der Waals surface area contributed by atoms with Crippen LogP contribution in [-0.2, 0) is 118 Å². The van der Waals surface area contributed by atoms with E-state index in [0.717, 1.165) is 23.6 Å². The standard InChI is InChI=1S/C50H58O13.C48H55NO14/c1-29-24-38-49(27-58-38,63-33(5)52)42-44(62-45(54)36-22-16-11-17-23-36)50(56)25-37(31(3)39(47(50,6)7)41(60-32(4)51)43(53)48(29,42)8)61-46(55)40(30(2)35-20-14-10-15-21-35)59-28-57-26-34-18-12-9-13-19-34;1-27-33(61-44(55)39(37(49)31-18-12-8-13-19-31)59-26-57-24-30-16-10-7-11-17-30)23-48(56)42(62-43(54)32-20-14-9-15-21-32)40-46(6,34(52)22-35-47(40,25-58-35)63-29(3)51)41(53)38(60-28(2)50)36(27)45(48,4)5/h9-23,29-30,37-38,40-42,44,56H,24-28H2,1-8H3;7-21,33-35,37-40,42,52,56H,22-26,49H2,1-6H3/t29-,30-,37-,38+,40+,41+,42-,44-,48+,49-,50+;33-,34-,35+,37-,38+,39+,40-,42-,46+,47-,48+/m00/s1. The summed E-state index contributed by atoms with van der Waals surface area (Å²) in [4.78, 5) is 142. The molecule has 0 aromatic heterocycles. The summed E-state index contributed by atoms with van der Waals surface area (Å²) in [6.07, 6.45) is -16.0. The second-order valence-electron chi connectivity index (χ2n) is 36.0. The van der Waals surface area contributed by atoms with Gasteiger partial charge in [0.2, 0.25) is 0 Å². The van der Waals surface area contributed by atoms with E-state index in [1.165, 1.54) is 39.8 Å². The van der Waals surface area contributed by atoms with Crippen molar-refractivity contribution in [2.75, 3.05) is 26.8 Å². The molecule has 0 amide bonds. The van der Waals surface area contributed by atoms with Gasteiger partial charge in [-0.3, -0.25) is 28.8 Å². The first-order chi connectivity index (χ1) is 59.7. The minimum absolute atomic E-state index is 0.0615. The summed E-state index contributed by atoms with van der Waals surface area (Å²) in [6.45, 7) is 20.7. The highest BCUT2D eigenvalue weighted by Crippen LogP contribution is 2.68. The van der Waals surface area contributed by atoms with E-state index in [1.807, 2.05) is 105 Å². The molecular formula is C98H113NO27. The second kappa shape index (κ2) is 37.1. The maximum atomic E-state index is 15.7. The zero-order chi connectivity index (χ0) is 91.0. The number of carbonyl (C=O) groups is 10. The molecule has 5 N–H and O–H groups in total. The Bertz CT molecular complexity index is 4770. The minimum atomic E-state index is -2.33. The zero-order valence-electron chi connectivity index (χ0n) is 73.3. The smallest absolute Gasteiger partial charge is 0.338 e. The Morgan fingerprint density at radius 2 is 0.825 bits per heavy atom. The molecule has 28 heteroatoms. The van der Waals surface area contributed by atoms with E-state index in [4.69, 9.17) is 72.0 Å². The van der Waals surface area contributed by atoms with E-state index in [2.05, 4.69) is 0 Å². The highest BCUT2D eigenvalue weighted by Gasteiger charge is 2.81. The molecular weight excluding hydrogens is 1620 g/mol. The van der Waals surface area contributed by atoms with E-state index < -0.39 is 207 Å². The van der Waals surface area contributed by atoms with Gasteiger partial charge in [0.15, 0.2) is 47.2 Å². The summed E-state index contributed by atoms with van der Waals surface area (Å²) >= 11 is 0. The quantitative estimate of drug-likeness (QED) is 0.0129. The molecule has 0 spiro atoms. The molecule has 2 heterocycles. The molecule has 4 saturated carbocycles. The number of ketones is 2. The number of esters is 8. The van der Waals surface area contributed by atoms with Gasteiger partial charge in [0, 0.05) is 69.1 Å². The van der Waals surface area contributed by atoms with Crippen molar-refractivity contribution in [2.45, 2.75) is 237 Å². The highest BCUT2D eigenvalue weighted by molar-refractivity contribution is 5.97. The Hall–Kier alpha value is -10.5. The van der Waals surface area contributed by atoms with E-state index in [0.29, 0.717) is 11.1 Å². The first kappa shape index (κ1) is 93.1. The molecule has 126 heavy (non-hydrogen) atoms. The maximum Gasteiger partial charge on any atom is 0.338 e. The Morgan fingerprint density at radius 1 is 0.468 bits per heavy atom. The molecule has 8 aliphatic rings. The summed E-state index contributed by atoms with van der Waals surface area (Å²) < 4.78 is 85.8. The molecule has 2 aliphatic heterocycles. The van der Waals surface area contributed by atoms with Crippen LogP contribution in [0.1, 0.15) is 178 Å². The van der Waals surface area contributed by atoms with Crippen molar-refractivity contribution in [3.8, 4) is 0 Å². The van der Waals surface area contributed by atoms with Crippen molar-refractivity contribution >= 4 is 59.3 Å². The van der Waals surface area contributed by atoms with Crippen molar-refractivity contribution in [1.29, 1.82) is 0 Å². The van der Waals surface area contributed by atoms with Crippen LogP contribution < -0.4 is 5.73 Å². The Balaban J connectivity index is 0.000000216. The van der Waals surface area contributed by atoms with Crippen molar-refractivity contribution in [3.05, 3.63) is 238 Å². The van der Waals surface area contributed by atoms with Gasteiger partial charge >= 0.3 is 47.8 Å². The Labute approximate surface area is 732 Å². The molecule has 0 unspecified atom stereocenters. The first-order valence-corrected chi connectivity index (χ1v) is 42.6. The number of Topliss-reactive ketones (excluding diaryl/α,β-unsaturated/α-hetero) is 2. The lowest BCUT2D eigenvalue weighted by atomic mass is 9.43. The lowest BCUT2D eigenvalue weighted by Gasteiger charge is -2.68. The molecule has 22 atom stereocenters. The number of benzene rings is 6. The third kappa shape index (κ3) is 17.1. The van der Waals surface area contributed by atoms with Gasteiger partial charge in [-0.15, -0.1) is 0 Å². The fraction of sp³-hybridized carbons (Fsp3) is 0.490. The summed E-state index contributed by atoms with van der Waals surface area (Å²) in [7, 11) is 0. The molecule has 28 nitrogen and oxygen atoms in total. The van der Waals surface area contributed by atoms with Gasteiger partial charge in [-0.1, -0.05) is 206 Å². The van der Waals surface area contributed by atoms with Gasteiger partial charge in [-0.2, -0.15) is 0 Å².